The summed E-state index contributed by atoms with van der Waals surface area (Å²) in [4.78, 5) is 0. The summed E-state index contributed by atoms with van der Waals surface area (Å²) in [5, 5.41) is 13.4. The van der Waals surface area contributed by atoms with E-state index in [1.165, 1.54) is 6.07 Å². The van der Waals surface area contributed by atoms with E-state index < -0.39 is 29.4 Å². The smallest absolute Gasteiger partial charge is 0.390 e. The highest BCUT2D eigenvalue weighted by atomic mass is 19.4. The van der Waals surface area contributed by atoms with Crippen LogP contribution in [0, 0.1) is 0 Å². The molecule has 2 aromatic rings. The Labute approximate surface area is 152 Å². The van der Waals surface area contributed by atoms with E-state index in [-0.39, 0.29) is 6.54 Å². The van der Waals surface area contributed by atoms with Gasteiger partial charge in [-0.3, -0.25) is 0 Å². The average molecular weight is 366 g/mol. The van der Waals surface area contributed by atoms with E-state index in [0.717, 1.165) is 17.7 Å². The van der Waals surface area contributed by atoms with Crippen molar-refractivity contribution in [2.24, 2.45) is 5.73 Å². The highest BCUT2D eigenvalue weighted by Gasteiger charge is 2.32. The molecule has 0 heterocycles. The molecule has 0 radical (unpaired) electrons. The summed E-state index contributed by atoms with van der Waals surface area (Å²) < 4.78 is 38.7. The summed E-state index contributed by atoms with van der Waals surface area (Å²) >= 11 is 0. The summed E-state index contributed by atoms with van der Waals surface area (Å²) in [7, 11) is 0. The second-order valence-corrected chi connectivity index (χ2v) is 7.01. The first-order chi connectivity index (χ1) is 12.1. The lowest BCUT2D eigenvalue weighted by atomic mass is 9.92. The van der Waals surface area contributed by atoms with Crippen molar-refractivity contribution >= 4 is 0 Å². The Kier molecular flexibility index (Phi) is 6.44. The number of alkyl halides is 3. The minimum Gasteiger partial charge on any atom is -0.390 e. The van der Waals surface area contributed by atoms with Crippen LogP contribution in [-0.2, 0) is 18.1 Å². The quantitative estimate of drug-likeness (QED) is 0.703. The van der Waals surface area contributed by atoms with Crippen LogP contribution in [0.2, 0.25) is 0 Å². The van der Waals surface area contributed by atoms with E-state index in [1.807, 2.05) is 30.3 Å². The summed E-state index contributed by atoms with van der Waals surface area (Å²) in [6.45, 7) is 3.73. The Morgan fingerprint density at radius 3 is 2.23 bits per heavy atom. The van der Waals surface area contributed by atoms with Crippen molar-refractivity contribution in [1.29, 1.82) is 0 Å². The molecule has 0 bridgehead atoms. The Balaban J connectivity index is 1.98. The van der Waals surface area contributed by atoms with Crippen LogP contribution >= 0.6 is 0 Å². The molecule has 3 nitrogen and oxygen atoms in total. The van der Waals surface area contributed by atoms with Crippen LogP contribution < -0.4 is 11.1 Å². The molecule has 2 atom stereocenters. The number of aliphatic hydroxyl groups excluding tert-OH is 1. The van der Waals surface area contributed by atoms with E-state index in [1.54, 1.807) is 19.9 Å². The zero-order valence-electron chi connectivity index (χ0n) is 14.9. The van der Waals surface area contributed by atoms with Crippen LogP contribution in [0.25, 0.3) is 0 Å². The molecular formula is C20H25F3N2O. The number of nitrogens with one attached hydrogen (secondary N) is 1. The molecule has 0 aliphatic heterocycles. The summed E-state index contributed by atoms with van der Waals surface area (Å²) in [5.41, 5.74) is 6.15. The Morgan fingerprint density at radius 1 is 1.00 bits per heavy atom. The van der Waals surface area contributed by atoms with Gasteiger partial charge in [0.2, 0.25) is 0 Å². The second kappa shape index (κ2) is 8.20. The van der Waals surface area contributed by atoms with Crippen molar-refractivity contribution in [2.45, 2.75) is 44.1 Å². The molecule has 0 fully saturated rings. The lowest BCUT2D eigenvalue weighted by molar-refractivity contribution is -0.137. The predicted octanol–water partition coefficient (Wildman–Crippen LogP) is 3.46. The van der Waals surface area contributed by atoms with E-state index in [2.05, 4.69) is 5.32 Å². The lowest BCUT2D eigenvalue weighted by Gasteiger charge is -2.30. The van der Waals surface area contributed by atoms with Crippen LogP contribution in [0.1, 0.15) is 30.5 Å². The van der Waals surface area contributed by atoms with Gasteiger partial charge in [0.1, 0.15) is 0 Å². The Bertz CT molecular complexity index is 702. The fourth-order valence-corrected chi connectivity index (χ4v) is 2.72. The molecule has 0 saturated heterocycles. The molecule has 6 heteroatoms. The maximum absolute atomic E-state index is 12.9. The van der Waals surface area contributed by atoms with Gasteiger partial charge in [0.25, 0.3) is 0 Å². The maximum atomic E-state index is 12.9. The zero-order valence-corrected chi connectivity index (χ0v) is 14.9. The molecule has 4 N–H and O–H groups in total. The van der Waals surface area contributed by atoms with Gasteiger partial charge >= 0.3 is 6.18 Å². The number of hydrogen-bond acceptors (Lipinski definition) is 3. The molecule has 0 aliphatic carbocycles. The molecule has 0 spiro atoms. The van der Waals surface area contributed by atoms with E-state index in [4.69, 9.17) is 5.73 Å². The standard InChI is InChI=1S/C20H25F3N2O/c1-19(2,15-9-6-10-16(12-15)20(21,22)23)25-13-18(26)17(24)11-14-7-4-3-5-8-14/h3-10,12,17-18,25-26H,11,13,24H2,1-2H3/t17-,18+/m0/s1. The summed E-state index contributed by atoms with van der Waals surface area (Å²) in [6.07, 6.45) is -4.68. The number of halogens is 3. The zero-order chi connectivity index (χ0) is 19.4. The molecule has 0 saturated carbocycles. The minimum atomic E-state index is -4.39. The molecule has 0 aromatic heterocycles. The third kappa shape index (κ3) is 5.56. The number of rotatable bonds is 7. The second-order valence-electron chi connectivity index (χ2n) is 7.01. The van der Waals surface area contributed by atoms with Crippen LogP contribution in [0.4, 0.5) is 13.2 Å². The summed E-state index contributed by atoms with van der Waals surface area (Å²) in [6, 6.07) is 14.3. The Morgan fingerprint density at radius 2 is 1.62 bits per heavy atom. The molecule has 142 valence electrons. The third-order valence-corrected chi connectivity index (χ3v) is 4.47. The normalized spacial score (nSPS) is 14.9. The van der Waals surface area contributed by atoms with Gasteiger partial charge in [-0.15, -0.1) is 0 Å². The minimum absolute atomic E-state index is 0.178. The van der Waals surface area contributed by atoms with Crippen LogP contribution in [0.5, 0.6) is 0 Å². The highest BCUT2D eigenvalue weighted by molar-refractivity contribution is 5.30. The van der Waals surface area contributed by atoms with Crippen molar-refractivity contribution in [1.82, 2.24) is 5.32 Å². The first-order valence-electron chi connectivity index (χ1n) is 8.50. The van der Waals surface area contributed by atoms with Gasteiger partial charge in [0.15, 0.2) is 0 Å². The van der Waals surface area contributed by atoms with Crippen molar-refractivity contribution in [3.05, 3.63) is 71.3 Å². The SMILES string of the molecule is CC(C)(NC[C@@H](O)[C@@H](N)Cc1ccccc1)c1cccc(C(F)(F)F)c1. The monoisotopic (exact) mass is 366 g/mol. The van der Waals surface area contributed by atoms with E-state index in [9.17, 15) is 18.3 Å². The third-order valence-electron chi connectivity index (χ3n) is 4.47. The maximum Gasteiger partial charge on any atom is 0.416 e. The first kappa shape index (κ1) is 20.4. The Hall–Kier alpha value is -1.89. The molecule has 0 aliphatic rings. The fraction of sp³-hybridized carbons (Fsp3) is 0.400. The fourth-order valence-electron chi connectivity index (χ4n) is 2.72. The topological polar surface area (TPSA) is 58.3 Å². The lowest BCUT2D eigenvalue weighted by Crippen LogP contribution is -2.48. The highest BCUT2D eigenvalue weighted by Crippen LogP contribution is 2.32. The van der Waals surface area contributed by atoms with E-state index in [0.29, 0.717) is 12.0 Å². The average Bonchev–Trinajstić information content (AvgIpc) is 2.60. The van der Waals surface area contributed by atoms with Gasteiger partial charge in [-0.1, -0.05) is 42.5 Å². The molecule has 0 amide bonds. The molecule has 26 heavy (non-hydrogen) atoms. The molecular weight excluding hydrogens is 341 g/mol. The number of hydrogen-bond donors (Lipinski definition) is 3. The van der Waals surface area contributed by atoms with Gasteiger partial charge in [0, 0.05) is 18.1 Å². The van der Waals surface area contributed by atoms with Crippen molar-refractivity contribution in [2.75, 3.05) is 6.54 Å². The van der Waals surface area contributed by atoms with Gasteiger partial charge < -0.3 is 16.2 Å². The van der Waals surface area contributed by atoms with Gasteiger partial charge in [-0.05, 0) is 43.5 Å². The van der Waals surface area contributed by atoms with Crippen LogP contribution in [-0.4, -0.2) is 23.8 Å². The van der Waals surface area contributed by atoms with E-state index >= 15 is 0 Å². The molecule has 2 aromatic carbocycles. The first-order valence-corrected chi connectivity index (χ1v) is 8.50. The summed E-state index contributed by atoms with van der Waals surface area (Å²) in [5.74, 6) is 0. The van der Waals surface area contributed by atoms with Gasteiger partial charge in [-0.2, -0.15) is 13.2 Å². The van der Waals surface area contributed by atoms with Crippen molar-refractivity contribution in [3.8, 4) is 0 Å². The van der Waals surface area contributed by atoms with Crippen molar-refractivity contribution in [3.63, 3.8) is 0 Å². The van der Waals surface area contributed by atoms with Gasteiger partial charge in [-0.25, -0.2) is 0 Å². The van der Waals surface area contributed by atoms with Crippen LogP contribution in [0.15, 0.2) is 54.6 Å². The largest absolute Gasteiger partial charge is 0.416 e. The van der Waals surface area contributed by atoms with Crippen molar-refractivity contribution < 1.29 is 18.3 Å². The molecule has 2 rings (SSSR count). The number of benzene rings is 2. The van der Waals surface area contributed by atoms with Gasteiger partial charge in [0.05, 0.1) is 11.7 Å². The number of nitrogens with two attached hydrogens (primary N) is 1. The van der Waals surface area contributed by atoms with Crippen LogP contribution in [0.3, 0.4) is 0 Å². The molecule has 0 unspecified atom stereocenters. The number of aliphatic hydroxyl groups is 1. The predicted molar refractivity (Wildman–Crippen MR) is 96.6 cm³/mol.